The molecule has 0 spiro atoms. The largest absolute Gasteiger partial charge is 0.506 e. The average molecular weight is 286 g/mol. The lowest BCUT2D eigenvalue weighted by Gasteiger charge is -2.13. The van der Waals surface area contributed by atoms with Crippen molar-refractivity contribution in [3.63, 3.8) is 0 Å². The Morgan fingerprint density at radius 2 is 2.16 bits per heavy atom. The molecule has 0 radical (unpaired) electrons. The van der Waals surface area contributed by atoms with Gasteiger partial charge in [0.2, 0.25) is 5.91 Å². The summed E-state index contributed by atoms with van der Waals surface area (Å²) in [5.41, 5.74) is 0.862. The lowest BCUT2D eigenvalue weighted by atomic mass is 10.0. The number of anilines is 1. The second kappa shape index (κ2) is 6.99. The van der Waals surface area contributed by atoms with E-state index in [1.54, 1.807) is 19.9 Å². The van der Waals surface area contributed by atoms with Crippen LogP contribution in [-0.4, -0.2) is 29.5 Å². The fourth-order valence-electron chi connectivity index (χ4n) is 1.51. The van der Waals surface area contributed by atoms with Gasteiger partial charge in [0, 0.05) is 0 Å². The fraction of sp³-hybridized carbons (Fsp3) is 0.385. The summed E-state index contributed by atoms with van der Waals surface area (Å²) in [6.07, 6.45) is 0. The summed E-state index contributed by atoms with van der Waals surface area (Å²) in [6, 6.07) is 4.55. The van der Waals surface area contributed by atoms with Crippen LogP contribution in [0, 0.1) is 0 Å². The molecular weight excluding hydrogens is 270 g/mol. The number of ether oxygens (including phenoxy) is 1. The van der Waals surface area contributed by atoms with Crippen molar-refractivity contribution >= 4 is 29.2 Å². The molecule has 2 N–H and O–H groups in total. The van der Waals surface area contributed by atoms with Crippen molar-refractivity contribution in [3.05, 3.63) is 23.8 Å². The molecule has 0 fully saturated rings. The number of amides is 1. The minimum Gasteiger partial charge on any atom is -0.506 e. The molecule has 1 aromatic carbocycles. The van der Waals surface area contributed by atoms with Crippen molar-refractivity contribution in [2.75, 3.05) is 17.8 Å². The van der Waals surface area contributed by atoms with Gasteiger partial charge < -0.3 is 15.2 Å². The van der Waals surface area contributed by atoms with E-state index in [1.807, 2.05) is 0 Å². The highest BCUT2D eigenvalue weighted by Gasteiger charge is 2.18. The number of aromatic hydroxyl groups is 1. The van der Waals surface area contributed by atoms with Crippen LogP contribution in [0.5, 0.6) is 5.75 Å². The van der Waals surface area contributed by atoms with Crippen molar-refractivity contribution in [2.24, 2.45) is 0 Å². The molecule has 5 nitrogen and oxygen atoms in total. The van der Waals surface area contributed by atoms with E-state index in [4.69, 9.17) is 16.3 Å². The molecule has 1 amide bonds. The van der Waals surface area contributed by atoms with Gasteiger partial charge in [0.05, 0.1) is 18.2 Å². The van der Waals surface area contributed by atoms with Crippen molar-refractivity contribution in [3.8, 4) is 5.75 Å². The highest BCUT2D eigenvalue weighted by Crippen LogP contribution is 2.28. The molecule has 0 heterocycles. The summed E-state index contributed by atoms with van der Waals surface area (Å²) in [5, 5.41) is 12.1. The molecule has 0 bridgehead atoms. The SMILES string of the molecule is CCOC(=O)C(C)c1ccc(O)c(NC(=O)CCl)c1. The number of hydrogen-bond acceptors (Lipinski definition) is 4. The molecule has 19 heavy (non-hydrogen) atoms. The van der Waals surface area contributed by atoms with Crippen LogP contribution in [0.25, 0.3) is 0 Å². The van der Waals surface area contributed by atoms with Crippen LogP contribution in [0.4, 0.5) is 5.69 Å². The average Bonchev–Trinajstić information content (AvgIpc) is 2.40. The fourth-order valence-corrected chi connectivity index (χ4v) is 1.58. The zero-order valence-electron chi connectivity index (χ0n) is 10.8. The van der Waals surface area contributed by atoms with Gasteiger partial charge in [-0.05, 0) is 31.5 Å². The van der Waals surface area contributed by atoms with Gasteiger partial charge in [0.15, 0.2) is 0 Å². The monoisotopic (exact) mass is 285 g/mol. The molecule has 0 aliphatic heterocycles. The summed E-state index contributed by atoms with van der Waals surface area (Å²) in [4.78, 5) is 22.8. The maximum absolute atomic E-state index is 11.6. The molecule has 0 saturated carbocycles. The number of carbonyl (C=O) groups is 2. The highest BCUT2D eigenvalue weighted by molar-refractivity contribution is 6.29. The Kier molecular flexibility index (Phi) is 5.63. The summed E-state index contributed by atoms with van der Waals surface area (Å²) in [7, 11) is 0. The number of phenols is 1. The number of benzene rings is 1. The van der Waals surface area contributed by atoms with Crippen molar-refractivity contribution < 1.29 is 19.4 Å². The number of rotatable bonds is 5. The van der Waals surface area contributed by atoms with Crippen molar-refractivity contribution in [2.45, 2.75) is 19.8 Å². The van der Waals surface area contributed by atoms with Gasteiger partial charge in [-0.2, -0.15) is 0 Å². The Bertz CT molecular complexity index is 476. The predicted octanol–water partition coefficient (Wildman–Crippen LogP) is 2.24. The number of nitrogens with one attached hydrogen (secondary N) is 1. The van der Waals surface area contributed by atoms with Crippen LogP contribution in [-0.2, 0) is 14.3 Å². The first-order valence-electron chi connectivity index (χ1n) is 5.85. The molecule has 0 aliphatic carbocycles. The number of phenolic OH excluding ortho intramolecular Hbond substituents is 1. The van der Waals surface area contributed by atoms with E-state index in [9.17, 15) is 14.7 Å². The van der Waals surface area contributed by atoms with Crippen LogP contribution in [0.3, 0.4) is 0 Å². The Labute approximate surface area is 116 Å². The van der Waals surface area contributed by atoms with Gasteiger partial charge in [-0.25, -0.2) is 0 Å². The van der Waals surface area contributed by atoms with Crippen LogP contribution in [0.2, 0.25) is 0 Å². The number of alkyl halides is 1. The summed E-state index contributed by atoms with van der Waals surface area (Å²) < 4.78 is 4.92. The number of halogens is 1. The van der Waals surface area contributed by atoms with Crippen LogP contribution in [0.1, 0.15) is 25.3 Å². The van der Waals surface area contributed by atoms with Gasteiger partial charge in [-0.15, -0.1) is 11.6 Å². The Morgan fingerprint density at radius 3 is 2.74 bits per heavy atom. The Morgan fingerprint density at radius 1 is 1.47 bits per heavy atom. The number of esters is 1. The zero-order chi connectivity index (χ0) is 14.4. The zero-order valence-corrected chi connectivity index (χ0v) is 11.5. The van der Waals surface area contributed by atoms with Gasteiger partial charge in [0.25, 0.3) is 0 Å². The van der Waals surface area contributed by atoms with Crippen LogP contribution >= 0.6 is 11.6 Å². The summed E-state index contributed by atoms with van der Waals surface area (Å²) >= 11 is 5.38. The first-order chi connectivity index (χ1) is 8.99. The third-order valence-electron chi connectivity index (χ3n) is 2.56. The molecule has 1 rings (SSSR count). The molecule has 0 saturated heterocycles. The minimum absolute atomic E-state index is 0.0849. The normalized spacial score (nSPS) is 11.7. The van der Waals surface area contributed by atoms with E-state index in [2.05, 4.69) is 5.32 Å². The third kappa shape index (κ3) is 4.13. The lowest BCUT2D eigenvalue weighted by Crippen LogP contribution is -2.15. The molecule has 0 aliphatic rings. The standard InChI is InChI=1S/C13H16ClNO4/c1-3-19-13(18)8(2)9-4-5-11(16)10(6-9)15-12(17)7-14/h4-6,8,16H,3,7H2,1-2H3,(H,15,17). The van der Waals surface area contributed by atoms with E-state index < -0.39 is 11.8 Å². The molecular formula is C13H16ClNO4. The van der Waals surface area contributed by atoms with E-state index >= 15 is 0 Å². The first kappa shape index (κ1) is 15.3. The van der Waals surface area contributed by atoms with Gasteiger partial charge >= 0.3 is 5.97 Å². The van der Waals surface area contributed by atoms with Crippen molar-refractivity contribution in [1.29, 1.82) is 0 Å². The molecule has 1 atom stereocenters. The highest BCUT2D eigenvalue weighted by atomic mass is 35.5. The van der Waals surface area contributed by atoms with E-state index in [0.29, 0.717) is 12.2 Å². The lowest BCUT2D eigenvalue weighted by molar-refractivity contribution is -0.144. The maximum Gasteiger partial charge on any atom is 0.313 e. The Balaban J connectivity index is 2.95. The quantitative estimate of drug-likeness (QED) is 0.494. The molecule has 6 heteroatoms. The molecule has 0 aromatic heterocycles. The molecule has 1 aromatic rings. The topological polar surface area (TPSA) is 75.6 Å². The number of carbonyl (C=O) groups excluding carboxylic acids is 2. The second-order valence-electron chi connectivity index (χ2n) is 3.93. The van der Waals surface area contributed by atoms with Gasteiger partial charge in [0.1, 0.15) is 11.6 Å². The van der Waals surface area contributed by atoms with E-state index in [-0.39, 0.29) is 23.3 Å². The van der Waals surface area contributed by atoms with E-state index in [0.717, 1.165) is 0 Å². The van der Waals surface area contributed by atoms with E-state index in [1.165, 1.54) is 12.1 Å². The predicted molar refractivity (Wildman–Crippen MR) is 72.5 cm³/mol. The maximum atomic E-state index is 11.6. The van der Waals surface area contributed by atoms with Crippen LogP contribution < -0.4 is 5.32 Å². The summed E-state index contributed by atoms with van der Waals surface area (Å²) in [5.74, 6) is -1.57. The number of hydrogen-bond donors (Lipinski definition) is 2. The van der Waals surface area contributed by atoms with Gasteiger partial charge in [-0.1, -0.05) is 6.07 Å². The Hall–Kier alpha value is -1.75. The van der Waals surface area contributed by atoms with Gasteiger partial charge in [-0.3, -0.25) is 9.59 Å². The smallest absolute Gasteiger partial charge is 0.313 e. The second-order valence-corrected chi connectivity index (χ2v) is 4.20. The van der Waals surface area contributed by atoms with Crippen molar-refractivity contribution in [1.82, 2.24) is 0 Å². The third-order valence-corrected chi connectivity index (χ3v) is 2.80. The summed E-state index contributed by atoms with van der Waals surface area (Å²) in [6.45, 7) is 3.72. The van der Waals surface area contributed by atoms with Crippen LogP contribution in [0.15, 0.2) is 18.2 Å². The molecule has 104 valence electrons. The first-order valence-corrected chi connectivity index (χ1v) is 6.38. The minimum atomic E-state index is -0.479. The molecule has 1 unspecified atom stereocenters.